The Labute approximate surface area is 76.7 Å². The van der Waals surface area contributed by atoms with Gasteiger partial charge in [0.2, 0.25) is 0 Å². The lowest BCUT2D eigenvalue weighted by Gasteiger charge is -2.13. The topological polar surface area (TPSA) is 52.0 Å². The van der Waals surface area contributed by atoms with Crippen molar-refractivity contribution in [3.05, 3.63) is 0 Å². The lowest BCUT2D eigenvalue weighted by molar-refractivity contribution is 0.436. The second-order valence-corrected chi connectivity index (χ2v) is 3.61. The average Bonchev–Trinajstić information content (AvgIpc) is 2.12. The molecular formula is C10H24N2. The van der Waals surface area contributed by atoms with Crippen LogP contribution in [0.4, 0.5) is 0 Å². The average molecular weight is 172 g/mol. The van der Waals surface area contributed by atoms with Crippen molar-refractivity contribution in [2.24, 2.45) is 17.4 Å². The van der Waals surface area contributed by atoms with E-state index in [-0.39, 0.29) is 0 Å². The van der Waals surface area contributed by atoms with Crippen molar-refractivity contribution >= 4 is 0 Å². The van der Waals surface area contributed by atoms with Crippen molar-refractivity contribution in [3.8, 4) is 0 Å². The molecule has 0 aliphatic heterocycles. The summed E-state index contributed by atoms with van der Waals surface area (Å²) in [5, 5.41) is 0. The maximum Gasteiger partial charge on any atom is 0.00362 e. The summed E-state index contributed by atoms with van der Waals surface area (Å²) in [6, 6.07) is 0.403. The Balaban J connectivity index is 3.28. The van der Waals surface area contributed by atoms with Crippen LogP contribution in [0.15, 0.2) is 0 Å². The fraction of sp³-hybridized carbons (Fsp3) is 1.00. The summed E-state index contributed by atoms with van der Waals surface area (Å²) in [5.74, 6) is 0.717. The fourth-order valence-electron chi connectivity index (χ4n) is 1.36. The highest BCUT2D eigenvalue weighted by molar-refractivity contribution is 4.62. The zero-order chi connectivity index (χ0) is 9.40. The molecule has 0 aromatic heterocycles. The summed E-state index contributed by atoms with van der Waals surface area (Å²) >= 11 is 0. The SMILES string of the molecule is CCC(N)CCCC(CC)CN. The first kappa shape index (κ1) is 11.9. The van der Waals surface area contributed by atoms with Crippen LogP contribution in [0.2, 0.25) is 0 Å². The van der Waals surface area contributed by atoms with E-state index < -0.39 is 0 Å². The standard InChI is InChI=1S/C10H24N2/c1-3-9(8-11)6-5-7-10(12)4-2/h9-10H,3-8,11-12H2,1-2H3. The van der Waals surface area contributed by atoms with E-state index in [1.807, 2.05) is 0 Å². The summed E-state index contributed by atoms with van der Waals surface area (Å²) < 4.78 is 0. The quantitative estimate of drug-likeness (QED) is 0.616. The Kier molecular flexibility index (Phi) is 7.51. The first-order valence-corrected chi connectivity index (χ1v) is 5.20. The second-order valence-electron chi connectivity index (χ2n) is 3.61. The minimum absolute atomic E-state index is 0.403. The summed E-state index contributed by atoms with van der Waals surface area (Å²) in [7, 11) is 0. The van der Waals surface area contributed by atoms with Gasteiger partial charge in [0.25, 0.3) is 0 Å². The maximum absolute atomic E-state index is 5.81. The van der Waals surface area contributed by atoms with Crippen LogP contribution < -0.4 is 11.5 Å². The number of hydrogen-bond donors (Lipinski definition) is 2. The molecule has 0 aromatic carbocycles. The van der Waals surface area contributed by atoms with Crippen molar-refractivity contribution in [1.29, 1.82) is 0 Å². The smallest absolute Gasteiger partial charge is 0.00362 e. The Morgan fingerprint density at radius 1 is 1.08 bits per heavy atom. The monoisotopic (exact) mass is 172 g/mol. The van der Waals surface area contributed by atoms with E-state index >= 15 is 0 Å². The Bertz CT molecular complexity index is 89.8. The zero-order valence-corrected chi connectivity index (χ0v) is 8.55. The largest absolute Gasteiger partial charge is 0.330 e. The molecule has 0 amide bonds. The van der Waals surface area contributed by atoms with Crippen LogP contribution in [0.1, 0.15) is 46.0 Å². The molecule has 12 heavy (non-hydrogen) atoms. The van der Waals surface area contributed by atoms with Crippen LogP contribution in [0.25, 0.3) is 0 Å². The van der Waals surface area contributed by atoms with E-state index in [4.69, 9.17) is 11.5 Å². The van der Waals surface area contributed by atoms with Crippen LogP contribution in [0.3, 0.4) is 0 Å². The third kappa shape index (κ3) is 5.56. The molecule has 0 aromatic rings. The van der Waals surface area contributed by atoms with Gasteiger partial charge in [-0.1, -0.05) is 26.7 Å². The van der Waals surface area contributed by atoms with E-state index in [1.54, 1.807) is 0 Å². The van der Waals surface area contributed by atoms with Gasteiger partial charge in [-0.25, -0.2) is 0 Å². The minimum atomic E-state index is 0.403. The van der Waals surface area contributed by atoms with Crippen LogP contribution in [-0.4, -0.2) is 12.6 Å². The number of rotatable bonds is 7. The van der Waals surface area contributed by atoms with E-state index in [0.717, 1.165) is 19.4 Å². The van der Waals surface area contributed by atoms with Crippen molar-refractivity contribution in [2.75, 3.05) is 6.54 Å². The molecule has 0 bridgehead atoms. The molecule has 0 heterocycles. The minimum Gasteiger partial charge on any atom is -0.330 e. The molecule has 0 aliphatic carbocycles. The third-order valence-electron chi connectivity index (χ3n) is 2.62. The third-order valence-corrected chi connectivity index (χ3v) is 2.62. The van der Waals surface area contributed by atoms with Gasteiger partial charge in [-0.15, -0.1) is 0 Å². The Morgan fingerprint density at radius 2 is 1.75 bits per heavy atom. The molecule has 2 unspecified atom stereocenters. The highest BCUT2D eigenvalue weighted by atomic mass is 14.6. The highest BCUT2D eigenvalue weighted by Crippen LogP contribution is 2.12. The first-order valence-electron chi connectivity index (χ1n) is 5.20. The van der Waals surface area contributed by atoms with E-state index in [1.165, 1.54) is 19.3 Å². The number of hydrogen-bond acceptors (Lipinski definition) is 2. The van der Waals surface area contributed by atoms with E-state index in [9.17, 15) is 0 Å². The Hall–Kier alpha value is -0.0800. The molecule has 0 spiro atoms. The van der Waals surface area contributed by atoms with Gasteiger partial charge in [0.1, 0.15) is 0 Å². The van der Waals surface area contributed by atoms with Gasteiger partial charge >= 0.3 is 0 Å². The van der Waals surface area contributed by atoms with Gasteiger partial charge in [-0.2, -0.15) is 0 Å². The predicted molar refractivity (Wildman–Crippen MR) is 55.0 cm³/mol. The van der Waals surface area contributed by atoms with Crippen LogP contribution >= 0.6 is 0 Å². The normalized spacial score (nSPS) is 16.0. The van der Waals surface area contributed by atoms with Gasteiger partial charge < -0.3 is 11.5 Å². The second kappa shape index (κ2) is 7.56. The van der Waals surface area contributed by atoms with Crippen molar-refractivity contribution in [2.45, 2.75) is 52.0 Å². The molecule has 74 valence electrons. The molecule has 0 saturated heterocycles. The maximum atomic E-state index is 5.81. The van der Waals surface area contributed by atoms with Gasteiger partial charge in [-0.3, -0.25) is 0 Å². The lowest BCUT2D eigenvalue weighted by atomic mass is 9.97. The molecule has 0 radical (unpaired) electrons. The summed E-state index contributed by atoms with van der Waals surface area (Å²) in [6.07, 6.45) is 5.95. The molecule has 0 fully saturated rings. The number of nitrogens with two attached hydrogens (primary N) is 2. The summed E-state index contributed by atoms with van der Waals surface area (Å²) in [6.45, 7) is 5.18. The molecular weight excluding hydrogens is 148 g/mol. The summed E-state index contributed by atoms with van der Waals surface area (Å²) in [4.78, 5) is 0. The molecule has 0 saturated carbocycles. The molecule has 0 rings (SSSR count). The molecule has 4 N–H and O–H groups in total. The van der Waals surface area contributed by atoms with Gasteiger partial charge in [0.05, 0.1) is 0 Å². The first-order chi connectivity index (χ1) is 5.74. The predicted octanol–water partition coefficient (Wildman–Crippen LogP) is 1.88. The van der Waals surface area contributed by atoms with Gasteiger partial charge in [-0.05, 0) is 31.7 Å². The van der Waals surface area contributed by atoms with Crippen molar-refractivity contribution in [3.63, 3.8) is 0 Å². The molecule has 2 nitrogen and oxygen atoms in total. The zero-order valence-electron chi connectivity index (χ0n) is 8.55. The van der Waals surface area contributed by atoms with Gasteiger partial charge in [0, 0.05) is 6.04 Å². The van der Waals surface area contributed by atoms with Crippen molar-refractivity contribution < 1.29 is 0 Å². The van der Waals surface area contributed by atoms with Crippen LogP contribution in [0, 0.1) is 5.92 Å². The highest BCUT2D eigenvalue weighted by Gasteiger charge is 2.04. The molecule has 2 atom stereocenters. The Morgan fingerprint density at radius 3 is 2.17 bits per heavy atom. The van der Waals surface area contributed by atoms with Crippen LogP contribution in [0.5, 0.6) is 0 Å². The lowest BCUT2D eigenvalue weighted by Crippen LogP contribution is -2.19. The van der Waals surface area contributed by atoms with Crippen LogP contribution in [-0.2, 0) is 0 Å². The molecule has 0 aliphatic rings. The van der Waals surface area contributed by atoms with Gasteiger partial charge in [0.15, 0.2) is 0 Å². The van der Waals surface area contributed by atoms with Crippen molar-refractivity contribution in [1.82, 2.24) is 0 Å². The molecule has 2 heteroatoms. The van der Waals surface area contributed by atoms with E-state index in [0.29, 0.717) is 12.0 Å². The summed E-state index contributed by atoms with van der Waals surface area (Å²) in [5.41, 5.74) is 11.4. The van der Waals surface area contributed by atoms with E-state index in [2.05, 4.69) is 13.8 Å². The fourth-order valence-corrected chi connectivity index (χ4v) is 1.36.